The quantitative estimate of drug-likeness (QED) is 0.289. The number of ether oxygens (including phenoxy) is 3. The summed E-state index contributed by atoms with van der Waals surface area (Å²) in [4.78, 5) is 28.2. The number of nitrogen functional groups attached to an aromatic ring is 2. The zero-order valence-electron chi connectivity index (χ0n) is 27.5. The molecule has 4 heterocycles. The molecule has 3 aliphatic rings. The standard InChI is InChI=1S/C33H48N8O4/c1-18(2)40(21-12-19(13-21)8-11-25(42)39-23-10-9-20(14-22(23)34)32(3,4)5)15-24-27-28(45-33(6,7)44-27)31(43-24)41-17-38-26-29(35)36-16-37-30(26)41/h9-10,14,16-19,21,24,27-28,31H,8,11-13,15,34H2,1-7H3,(H,39,42)(H2,35,36,37)/t19?,21?,24-,27-,28-,31-/m1/s1. The number of carbonyl (C=O) groups excluding carboxylic acids is 1. The van der Waals surface area contributed by atoms with Gasteiger partial charge in [0.25, 0.3) is 0 Å². The number of nitrogens with one attached hydrogen (secondary N) is 1. The van der Waals surface area contributed by atoms with Crippen LogP contribution in [0.3, 0.4) is 0 Å². The maximum Gasteiger partial charge on any atom is 0.224 e. The summed E-state index contributed by atoms with van der Waals surface area (Å²) in [6.07, 6.45) is 5.32. The van der Waals surface area contributed by atoms with Crippen LogP contribution < -0.4 is 16.8 Å². The molecule has 2 saturated heterocycles. The van der Waals surface area contributed by atoms with E-state index < -0.39 is 12.0 Å². The van der Waals surface area contributed by atoms with Crippen molar-refractivity contribution in [1.29, 1.82) is 0 Å². The van der Waals surface area contributed by atoms with Gasteiger partial charge in [0.05, 0.1) is 17.7 Å². The van der Waals surface area contributed by atoms with Gasteiger partial charge in [0.15, 0.2) is 23.5 Å². The first-order valence-electron chi connectivity index (χ1n) is 16.1. The van der Waals surface area contributed by atoms with Crippen molar-refractivity contribution in [3.8, 4) is 0 Å². The monoisotopic (exact) mass is 620 g/mol. The number of nitrogens with zero attached hydrogens (tertiary/aromatic N) is 5. The van der Waals surface area contributed by atoms with Crippen LogP contribution in [0.5, 0.6) is 0 Å². The Hall–Kier alpha value is -3.32. The van der Waals surface area contributed by atoms with Gasteiger partial charge in [0.1, 0.15) is 30.2 Å². The minimum atomic E-state index is -0.732. The van der Waals surface area contributed by atoms with E-state index in [-0.39, 0.29) is 29.6 Å². The van der Waals surface area contributed by atoms with Crippen LogP contribution >= 0.6 is 0 Å². The molecule has 12 heteroatoms. The van der Waals surface area contributed by atoms with E-state index in [1.165, 1.54) is 6.33 Å². The summed E-state index contributed by atoms with van der Waals surface area (Å²) < 4.78 is 21.3. The molecule has 0 unspecified atom stereocenters. The summed E-state index contributed by atoms with van der Waals surface area (Å²) >= 11 is 0. The Bertz CT molecular complexity index is 1540. The maximum atomic E-state index is 12.8. The number of rotatable bonds is 9. The molecule has 12 nitrogen and oxygen atoms in total. The molecule has 1 amide bonds. The highest BCUT2D eigenvalue weighted by molar-refractivity contribution is 5.93. The molecule has 1 aromatic carbocycles. The van der Waals surface area contributed by atoms with Gasteiger partial charge in [0.2, 0.25) is 5.91 Å². The molecule has 2 aromatic heterocycles. The zero-order chi connectivity index (χ0) is 32.3. The van der Waals surface area contributed by atoms with Crippen molar-refractivity contribution in [3.63, 3.8) is 0 Å². The molecule has 45 heavy (non-hydrogen) atoms. The first kappa shape index (κ1) is 31.7. The summed E-state index contributed by atoms with van der Waals surface area (Å²) in [5.74, 6) is 0.103. The van der Waals surface area contributed by atoms with Crippen LogP contribution in [0.15, 0.2) is 30.9 Å². The number of hydrogen-bond donors (Lipinski definition) is 3. The number of anilines is 3. The van der Waals surface area contributed by atoms with Crippen LogP contribution in [0, 0.1) is 5.92 Å². The van der Waals surface area contributed by atoms with Gasteiger partial charge in [-0.05, 0) is 76.0 Å². The molecular formula is C33H48N8O4. The third-order valence-electron chi connectivity index (χ3n) is 9.49. The third kappa shape index (κ3) is 6.38. The molecule has 4 atom stereocenters. The number of imidazole rings is 1. The van der Waals surface area contributed by atoms with Gasteiger partial charge in [-0.2, -0.15) is 0 Å². The van der Waals surface area contributed by atoms with E-state index in [4.69, 9.17) is 25.7 Å². The smallest absolute Gasteiger partial charge is 0.224 e. The Morgan fingerprint density at radius 1 is 1.13 bits per heavy atom. The fourth-order valence-electron chi connectivity index (χ4n) is 6.97. The largest absolute Gasteiger partial charge is 0.397 e. The highest BCUT2D eigenvalue weighted by Gasteiger charge is 2.57. The second kappa shape index (κ2) is 11.8. The average molecular weight is 621 g/mol. The summed E-state index contributed by atoms with van der Waals surface area (Å²) in [6.45, 7) is 15.5. The van der Waals surface area contributed by atoms with Crippen LogP contribution in [-0.2, 0) is 24.4 Å². The van der Waals surface area contributed by atoms with Crippen LogP contribution in [0.2, 0.25) is 0 Å². The lowest BCUT2D eigenvalue weighted by Crippen LogP contribution is -2.52. The van der Waals surface area contributed by atoms with Crippen molar-refractivity contribution < 1.29 is 19.0 Å². The lowest BCUT2D eigenvalue weighted by atomic mass is 9.76. The van der Waals surface area contributed by atoms with E-state index in [1.807, 2.05) is 36.6 Å². The molecule has 5 N–H and O–H groups in total. The van der Waals surface area contributed by atoms with E-state index in [2.05, 4.69) is 59.8 Å². The lowest BCUT2D eigenvalue weighted by molar-refractivity contribution is -0.199. The Morgan fingerprint density at radius 2 is 1.87 bits per heavy atom. The first-order chi connectivity index (χ1) is 21.2. The fourth-order valence-corrected chi connectivity index (χ4v) is 6.97. The van der Waals surface area contributed by atoms with Crippen molar-refractivity contribution in [3.05, 3.63) is 36.4 Å². The molecule has 0 spiro atoms. The van der Waals surface area contributed by atoms with Gasteiger partial charge in [0, 0.05) is 25.0 Å². The van der Waals surface area contributed by atoms with Gasteiger partial charge in [-0.1, -0.05) is 26.8 Å². The second-order valence-corrected chi connectivity index (χ2v) is 14.6. The van der Waals surface area contributed by atoms with Gasteiger partial charge < -0.3 is 31.0 Å². The molecule has 3 aromatic rings. The normalized spacial score (nSPS) is 27.7. The highest BCUT2D eigenvalue weighted by Crippen LogP contribution is 2.45. The molecule has 2 aliphatic heterocycles. The predicted octanol–water partition coefficient (Wildman–Crippen LogP) is 4.61. The third-order valence-corrected chi connectivity index (χ3v) is 9.49. The molecule has 0 radical (unpaired) electrons. The number of aromatic nitrogens is 4. The zero-order valence-corrected chi connectivity index (χ0v) is 27.5. The second-order valence-electron chi connectivity index (χ2n) is 14.6. The number of fused-ring (bicyclic) bond motifs is 2. The van der Waals surface area contributed by atoms with Crippen LogP contribution in [0.25, 0.3) is 11.2 Å². The summed E-state index contributed by atoms with van der Waals surface area (Å²) in [7, 11) is 0. The molecule has 1 saturated carbocycles. The number of hydrogen-bond acceptors (Lipinski definition) is 10. The van der Waals surface area contributed by atoms with Crippen LogP contribution in [0.4, 0.5) is 17.2 Å². The number of amides is 1. The summed E-state index contributed by atoms with van der Waals surface area (Å²) in [5, 5.41) is 3.01. The fraction of sp³-hybridized carbons (Fsp3) is 0.636. The number of carbonyl (C=O) groups is 1. The Morgan fingerprint density at radius 3 is 2.56 bits per heavy atom. The van der Waals surface area contributed by atoms with E-state index in [1.54, 1.807) is 6.33 Å². The van der Waals surface area contributed by atoms with Crippen molar-refractivity contribution >= 4 is 34.3 Å². The Labute approximate surface area is 265 Å². The SMILES string of the molecule is CC(C)N(C[C@H]1O[C@@H](n2cnc3c(N)ncnc32)[C@@H]2OC(C)(C)O[C@@H]21)C1CC(CCC(=O)Nc2ccc(C(C)(C)C)cc2N)C1. The number of benzene rings is 1. The number of nitrogens with two attached hydrogens (primary N) is 2. The predicted molar refractivity (Wildman–Crippen MR) is 173 cm³/mol. The molecule has 244 valence electrons. The molecule has 3 fully saturated rings. The van der Waals surface area contributed by atoms with Gasteiger partial charge in [-0.15, -0.1) is 0 Å². The van der Waals surface area contributed by atoms with E-state index in [9.17, 15) is 4.79 Å². The average Bonchev–Trinajstić information content (AvgIpc) is 3.59. The van der Waals surface area contributed by atoms with Gasteiger partial charge in [-0.3, -0.25) is 14.3 Å². The van der Waals surface area contributed by atoms with Crippen LogP contribution in [-0.4, -0.2) is 73.1 Å². The van der Waals surface area contributed by atoms with Crippen LogP contribution in [0.1, 0.15) is 85.9 Å². The van der Waals surface area contributed by atoms with Crippen molar-refractivity contribution in [2.24, 2.45) is 5.92 Å². The van der Waals surface area contributed by atoms with E-state index in [0.29, 0.717) is 59.3 Å². The lowest BCUT2D eigenvalue weighted by Gasteiger charge is -2.46. The Kier molecular flexibility index (Phi) is 8.30. The van der Waals surface area contributed by atoms with Crippen molar-refractivity contribution in [2.45, 2.75) is 122 Å². The minimum absolute atomic E-state index is 0.00244. The molecular weight excluding hydrogens is 572 g/mol. The molecule has 0 bridgehead atoms. The van der Waals surface area contributed by atoms with E-state index >= 15 is 0 Å². The maximum absolute atomic E-state index is 12.8. The highest BCUT2D eigenvalue weighted by atomic mass is 16.8. The molecule has 1 aliphatic carbocycles. The first-order valence-corrected chi connectivity index (χ1v) is 16.1. The van der Waals surface area contributed by atoms with Gasteiger partial charge >= 0.3 is 0 Å². The van der Waals surface area contributed by atoms with E-state index in [0.717, 1.165) is 24.8 Å². The topological polar surface area (TPSA) is 156 Å². The Balaban J connectivity index is 1.06. The minimum Gasteiger partial charge on any atom is -0.397 e. The van der Waals surface area contributed by atoms with Gasteiger partial charge in [-0.25, -0.2) is 15.0 Å². The van der Waals surface area contributed by atoms with Crippen molar-refractivity contribution in [1.82, 2.24) is 24.4 Å². The van der Waals surface area contributed by atoms with Crippen molar-refractivity contribution in [2.75, 3.05) is 23.3 Å². The summed E-state index contributed by atoms with van der Waals surface area (Å²) in [5.41, 5.74) is 15.9. The summed E-state index contributed by atoms with van der Waals surface area (Å²) in [6, 6.07) is 6.63. The molecule has 6 rings (SSSR count).